The van der Waals surface area contributed by atoms with Crippen LogP contribution in [0.5, 0.6) is 0 Å². The van der Waals surface area contributed by atoms with Crippen LogP contribution < -0.4 is 0 Å². The molecule has 4 nitrogen and oxygen atoms in total. The fraction of sp³-hybridized carbons (Fsp3) is 0.762. The zero-order chi connectivity index (χ0) is 18.9. The third-order valence-corrected chi connectivity index (χ3v) is 6.74. The Labute approximate surface area is 152 Å². The van der Waals surface area contributed by atoms with E-state index >= 15 is 0 Å². The van der Waals surface area contributed by atoms with Gasteiger partial charge in [-0.15, -0.1) is 0 Å². The summed E-state index contributed by atoms with van der Waals surface area (Å²) in [4.78, 5) is 12.3. The summed E-state index contributed by atoms with van der Waals surface area (Å²) in [5.41, 5.74) is 1.79. The molecule has 0 saturated heterocycles. The zero-order valence-corrected chi connectivity index (χ0v) is 16.3. The minimum absolute atomic E-state index is 0.0452. The highest BCUT2D eigenvalue weighted by Crippen LogP contribution is 2.56. The van der Waals surface area contributed by atoms with E-state index in [9.17, 15) is 15.0 Å². The summed E-state index contributed by atoms with van der Waals surface area (Å²) in [5, 5.41) is 21.2. The fourth-order valence-corrected chi connectivity index (χ4v) is 4.71. The maximum atomic E-state index is 12.3. The number of rotatable bonds is 4. The van der Waals surface area contributed by atoms with Gasteiger partial charge < -0.3 is 14.9 Å². The number of allylic oxidation sites excluding steroid dienone is 1. The molecule has 2 rings (SSSR count). The molecule has 2 aliphatic rings. The highest BCUT2D eigenvalue weighted by molar-refractivity contribution is 5.82. The van der Waals surface area contributed by atoms with Gasteiger partial charge in [0.25, 0.3) is 0 Å². The number of esters is 1. The molecule has 0 bridgehead atoms. The van der Waals surface area contributed by atoms with Crippen molar-refractivity contribution in [1.82, 2.24) is 0 Å². The molecule has 0 spiro atoms. The van der Waals surface area contributed by atoms with Crippen molar-refractivity contribution in [2.45, 2.75) is 78.6 Å². The molecule has 25 heavy (non-hydrogen) atoms. The van der Waals surface area contributed by atoms with Crippen molar-refractivity contribution in [3.63, 3.8) is 0 Å². The van der Waals surface area contributed by atoms with Crippen LogP contribution in [-0.4, -0.2) is 34.5 Å². The van der Waals surface area contributed by atoms with Gasteiger partial charge in [0, 0.05) is 17.9 Å². The largest absolute Gasteiger partial charge is 0.456 e. The van der Waals surface area contributed by atoms with Gasteiger partial charge in [-0.3, -0.25) is 0 Å². The Morgan fingerprint density at radius 3 is 2.52 bits per heavy atom. The monoisotopic (exact) mass is 350 g/mol. The topological polar surface area (TPSA) is 66.8 Å². The van der Waals surface area contributed by atoms with Crippen LogP contribution in [0.1, 0.15) is 60.3 Å². The predicted molar refractivity (Wildman–Crippen MR) is 98.9 cm³/mol. The SMILES string of the molecule is C=C(C)[C@H]1C[C@]2(C)[C@@H](C)C[C@H](O)C[C@H]2[C@H](OC(=O)/C=C(/C)CC)[C@@H]1O. The smallest absolute Gasteiger partial charge is 0.331 e. The van der Waals surface area contributed by atoms with Crippen molar-refractivity contribution in [3.05, 3.63) is 23.8 Å². The summed E-state index contributed by atoms with van der Waals surface area (Å²) in [7, 11) is 0. The Hall–Kier alpha value is -1.13. The second-order valence-corrected chi connectivity index (χ2v) is 8.53. The van der Waals surface area contributed by atoms with Crippen LogP contribution in [0.3, 0.4) is 0 Å². The number of aliphatic hydroxyl groups is 2. The molecule has 142 valence electrons. The maximum absolute atomic E-state index is 12.3. The third kappa shape index (κ3) is 4.01. The first kappa shape index (κ1) is 20.2. The molecular formula is C21H34O4. The van der Waals surface area contributed by atoms with Gasteiger partial charge in [-0.05, 0) is 50.9 Å². The average Bonchev–Trinajstić information content (AvgIpc) is 2.52. The van der Waals surface area contributed by atoms with Crippen molar-refractivity contribution in [3.8, 4) is 0 Å². The second-order valence-electron chi connectivity index (χ2n) is 8.53. The van der Waals surface area contributed by atoms with Crippen molar-refractivity contribution < 1.29 is 19.7 Å². The van der Waals surface area contributed by atoms with Crippen molar-refractivity contribution in [2.75, 3.05) is 0 Å². The molecule has 0 aromatic rings. The van der Waals surface area contributed by atoms with Gasteiger partial charge in [0.15, 0.2) is 0 Å². The molecule has 2 N–H and O–H groups in total. The highest BCUT2D eigenvalue weighted by atomic mass is 16.6. The molecule has 7 atom stereocenters. The summed E-state index contributed by atoms with van der Waals surface area (Å²) in [6.07, 6.45) is 2.65. The maximum Gasteiger partial charge on any atom is 0.331 e. The van der Waals surface area contributed by atoms with Gasteiger partial charge in [-0.1, -0.05) is 38.5 Å². The number of hydrogen-bond donors (Lipinski definition) is 2. The van der Waals surface area contributed by atoms with Crippen LogP contribution in [0, 0.1) is 23.2 Å². The molecule has 2 aliphatic carbocycles. The van der Waals surface area contributed by atoms with E-state index in [2.05, 4.69) is 20.4 Å². The Kier molecular flexibility index (Phi) is 6.16. The van der Waals surface area contributed by atoms with Gasteiger partial charge in [0.1, 0.15) is 6.10 Å². The first-order chi connectivity index (χ1) is 11.6. The molecule has 2 fully saturated rings. The van der Waals surface area contributed by atoms with Crippen molar-refractivity contribution in [2.24, 2.45) is 23.2 Å². The van der Waals surface area contributed by atoms with Gasteiger partial charge in [-0.25, -0.2) is 4.79 Å². The Morgan fingerprint density at radius 2 is 1.96 bits per heavy atom. The van der Waals surface area contributed by atoms with Gasteiger partial charge in [-0.2, -0.15) is 0 Å². The summed E-state index contributed by atoms with van der Waals surface area (Å²) >= 11 is 0. The summed E-state index contributed by atoms with van der Waals surface area (Å²) in [6, 6.07) is 0. The molecule has 0 amide bonds. The van der Waals surface area contributed by atoms with Crippen LogP contribution in [0.4, 0.5) is 0 Å². The summed E-state index contributed by atoms with van der Waals surface area (Å²) < 4.78 is 5.77. The van der Waals surface area contributed by atoms with E-state index in [4.69, 9.17) is 4.74 Å². The first-order valence-electron chi connectivity index (χ1n) is 9.49. The van der Waals surface area contributed by atoms with Crippen LogP contribution >= 0.6 is 0 Å². The number of ether oxygens (including phenoxy) is 1. The van der Waals surface area contributed by atoms with Crippen LogP contribution in [0.15, 0.2) is 23.8 Å². The lowest BCUT2D eigenvalue weighted by atomic mass is 9.51. The molecule has 0 heterocycles. The third-order valence-electron chi connectivity index (χ3n) is 6.74. The number of aliphatic hydroxyl groups excluding tert-OH is 2. The first-order valence-corrected chi connectivity index (χ1v) is 9.49. The molecule has 0 radical (unpaired) electrons. The molecule has 0 aromatic carbocycles. The number of hydrogen-bond acceptors (Lipinski definition) is 4. The lowest BCUT2D eigenvalue weighted by Crippen LogP contribution is -2.59. The van der Waals surface area contributed by atoms with E-state index in [1.165, 1.54) is 6.08 Å². The molecule has 0 aromatic heterocycles. The molecule has 2 saturated carbocycles. The molecular weight excluding hydrogens is 316 g/mol. The number of carbonyl (C=O) groups excluding carboxylic acids is 1. The van der Waals surface area contributed by atoms with E-state index < -0.39 is 24.3 Å². The van der Waals surface area contributed by atoms with Crippen molar-refractivity contribution in [1.29, 1.82) is 0 Å². The van der Waals surface area contributed by atoms with E-state index in [1.807, 2.05) is 20.8 Å². The van der Waals surface area contributed by atoms with E-state index in [1.54, 1.807) is 0 Å². The second kappa shape index (κ2) is 7.63. The molecule has 0 unspecified atom stereocenters. The normalized spacial score (nSPS) is 41.8. The minimum atomic E-state index is -0.771. The van der Waals surface area contributed by atoms with Crippen LogP contribution in [0.25, 0.3) is 0 Å². The van der Waals surface area contributed by atoms with Gasteiger partial charge >= 0.3 is 5.97 Å². The lowest BCUT2D eigenvalue weighted by molar-refractivity contribution is -0.193. The Balaban J connectivity index is 2.35. The molecule has 4 heteroatoms. The Morgan fingerprint density at radius 1 is 1.32 bits per heavy atom. The van der Waals surface area contributed by atoms with E-state index in [0.717, 1.165) is 30.4 Å². The summed E-state index contributed by atoms with van der Waals surface area (Å²) in [5.74, 6) is -0.241. The fourth-order valence-electron chi connectivity index (χ4n) is 4.71. The van der Waals surface area contributed by atoms with Gasteiger partial charge in [0.05, 0.1) is 12.2 Å². The minimum Gasteiger partial charge on any atom is -0.456 e. The van der Waals surface area contributed by atoms with Gasteiger partial charge in [0.2, 0.25) is 0 Å². The highest BCUT2D eigenvalue weighted by Gasteiger charge is 2.56. The average molecular weight is 350 g/mol. The van der Waals surface area contributed by atoms with E-state index in [0.29, 0.717) is 12.3 Å². The Bertz CT molecular complexity index is 552. The van der Waals surface area contributed by atoms with Crippen molar-refractivity contribution >= 4 is 5.97 Å². The number of fused-ring (bicyclic) bond motifs is 1. The molecule has 0 aliphatic heterocycles. The van der Waals surface area contributed by atoms with E-state index in [-0.39, 0.29) is 17.3 Å². The lowest BCUT2D eigenvalue weighted by Gasteiger charge is -2.57. The zero-order valence-electron chi connectivity index (χ0n) is 16.3. The predicted octanol–water partition coefficient (Wildman–Crippen LogP) is 3.62. The quantitative estimate of drug-likeness (QED) is 0.462. The van der Waals surface area contributed by atoms with Crippen LogP contribution in [0.2, 0.25) is 0 Å². The van der Waals surface area contributed by atoms with Crippen LogP contribution in [-0.2, 0) is 9.53 Å². The summed E-state index contributed by atoms with van der Waals surface area (Å²) in [6.45, 7) is 14.2. The standard InChI is InChI=1S/C21H34O4/c1-7-13(4)8-18(23)25-20-17-10-15(22)9-14(5)21(17,6)11-16(12(2)3)19(20)24/h8,14-17,19-20,22,24H,2,7,9-11H2,1,3-6H3/b13-8-/t14-,15-,16+,17-,19+,20-,21+/m0/s1. The number of carbonyl (C=O) groups is 1.